The molecule has 0 N–H and O–H groups in total. The number of benzene rings is 1. The zero-order chi connectivity index (χ0) is 17.5. The van der Waals surface area contributed by atoms with Gasteiger partial charge in [-0.15, -0.1) is 0 Å². The van der Waals surface area contributed by atoms with Crippen LogP contribution in [0, 0.1) is 5.92 Å². The number of rotatable bonds is 6. The second-order valence-electron chi connectivity index (χ2n) is 5.70. The summed E-state index contributed by atoms with van der Waals surface area (Å²) in [4.78, 5) is 30.4. The van der Waals surface area contributed by atoms with E-state index in [4.69, 9.17) is 4.74 Å². The Morgan fingerprint density at radius 1 is 1.08 bits per heavy atom. The predicted molar refractivity (Wildman–Crippen MR) is 91.3 cm³/mol. The number of esters is 1. The Morgan fingerprint density at radius 3 is 2.29 bits per heavy atom. The average molecular weight is 326 g/mol. The Balaban J connectivity index is 2.30. The maximum absolute atomic E-state index is 13.0. The van der Waals surface area contributed by atoms with Crippen LogP contribution in [0.15, 0.2) is 54.9 Å². The van der Waals surface area contributed by atoms with Crippen molar-refractivity contribution in [2.24, 2.45) is 5.92 Å². The molecule has 126 valence electrons. The normalized spacial score (nSPS) is 13.0. The molecule has 0 aliphatic rings. The van der Waals surface area contributed by atoms with E-state index in [1.807, 2.05) is 37.3 Å². The van der Waals surface area contributed by atoms with Crippen LogP contribution in [0.1, 0.15) is 35.8 Å². The van der Waals surface area contributed by atoms with E-state index in [2.05, 4.69) is 4.98 Å². The summed E-state index contributed by atoms with van der Waals surface area (Å²) in [6.07, 6.45) is 3.17. The van der Waals surface area contributed by atoms with Gasteiger partial charge in [-0.3, -0.25) is 14.6 Å². The molecule has 5 heteroatoms. The number of ether oxygens (including phenoxy) is 1. The SMILES string of the molecule is COC(=O)C(C)CN(C(=O)c1ccncc1)C(C)c1ccccc1. The molecular weight excluding hydrogens is 304 g/mol. The number of hydrogen-bond donors (Lipinski definition) is 0. The molecule has 2 unspecified atom stereocenters. The third-order valence-electron chi connectivity index (χ3n) is 4.01. The van der Waals surface area contributed by atoms with Crippen LogP contribution < -0.4 is 0 Å². The van der Waals surface area contributed by atoms with Gasteiger partial charge in [0.2, 0.25) is 0 Å². The summed E-state index contributed by atoms with van der Waals surface area (Å²) < 4.78 is 4.80. The van der Waals surface area contributed by atoms with Gasteiger partial charge in [-0.25, -0.2) is 0 Å². The van der Waals surface area contributed by atoms with E-state index in [1.165, 1.54) is 7.11 Å². The van der Waals surface area contributed by atoms with Crippen LogP contribution in [0.25, 0.3) is 0 Å². The summed E-state index contributed by atoms with van der Waals surface area (Å²) in [7, 11) is 1.36. The number of methoxy groups -OCH3 is 1. The van der Waals surface area contributed by atoms with Gasteiger partial charge >= 0.3 is 5.97 Å². The summed E-state index contributed by atoms with van der Waals surface area (Å²) in [6, 6.07) is 12.9. The van der Waals surface area contributed by atoms with Crippen molar-refractivity contribution in [1.82, 2.24) is 9.88 Å². The van der Waals surface area contributed by atoms with Crippen LogP contribution >= 0.6 is 0 Å². The summed E-state index contributed by atoms with van der Waals surface area (Å²) in [5.74, 6) is -0.876. The number of nitrogens with zero attached hydrogens (tertiary/aromatic N) is 2. The maximum Gasteiger partial charge on any atom is 0.310 e. The van der Waals surface area contributed by atoms with Crippen molar-refractivity contribution >= 4 is 11.9 Å². The number of aromatic nitrogens is 1. The van der Waals surface area contributed by atoms with Gasteiger partial charge in [-0.1, -0.05) is 37.3 Å². The molecule has 1 heterocycles. The zero-order valence-electron chi connectivity index (χ0n) is 14.2. The first-order valence-electron chi connectivity index (χ1n) is 7.88. The third kappa shape index (κ3) is 4.19. The van der Waals surface area contributed by atoms with E-state index < -0.39 is 5.92 Å². The van der Waals surface area contributed by atoms with E-state index in [0.29, 0.717) is 5.56 Å². The second kappa shape index (κ2) is 8.24. The maximum atomic E-state index is 13.0. The van der Waals surface area contributed by atoms with Crippen molar-refractivity contribution in [3.8, 4) is 0 Å². The highest BCUT2D eigenvalue weighted by Gasteiger charge is 2.27. The van der Waals surface area contributed by atoms with Gasteiger partial charge in [-0.05, 0) is 24.6 Å². The number of carbonyl (C=O) groups excluding carboxylic acids is 2. The van der Waals surface area contributed by atoms with Gasteiger partial charge in [-0.2, -0.15) is 0 Å². The molecule has 24 heavy (non-hydrogen) atoms. The van der Waals surface area contributed by atoms with Gasteiger partial charge in [0.25, 0.3) is 5.91 Å². The third-order valence-corrected chi connectivity index (χ3v) is 4.01. The highest BCUT2D eigenvalue weighted by Crippen LogP contribution is 2.23. The first-order chi connectivity index (χ1) is 11.5. The second-order valence-corrected chi connectivity index (χ2v) is 5.70. The van der Waals surface area contributed by atoms with Crippen molar-refractivity contribution < 1.29 is 14.3 Å². The van der Waals surface area contributed by atoms with Gasteiger partial charge in [0.1, 0.15) is 0 Å². The largest absolute Gasteiger partial charge is 0.469 e. The molecule has 1 aromatic heterocycles. The molecule has 1 amide bonds. The van der Waals surface area contributed by atoms with E-state index >= 15 is 0 Å². The highest BCUT2D eigenvalue weighted by molar-refractivity contribution is 5.94. The Labute approximate surface area is 142 Å². The standard InChI is InChI=1S/C19H22N2O3/c1-14(19(23)24-3)13-21(15(2)16-7-5-4-6-8-16)18(22)17-9-11-20-12-10-17/h4-12,14-15H,13H2,1-3H3. The average Bonchev–Trinajstić information content (AvgIpc) is 2.65. The molecule has 2 rings (SSSR count). The minimum Gasteiger partial charge on any atom is -0.469 e. The lowest BCUT2D eigenvalue weighted by atomic mass is 10.0. The van der Waals surface area contributed by atoms with Crippen LogP contribution in [-0.2, 0) is 9.53 Å². The number of amides is 1. The number of hydrogen-bond acceptors (Lipinski definition) is 4. The van der Waals surface area contributed by atoms with Crippen LogP contribution in [0.4, 0.5) is 0 Å². The van der Waals surface area contributed by atoms with Crippen LogP contribution in [0.5, 0.6) is 0 Å². The van der Waals surface area contributed by atoms with Crippen LogP contribution in [-0.4, -0.2) is 35.4 Å². The van der Waals surface area contributed by atoms with Crippen molar-refractivity contribution in [1.29, 1.82) is 0 Å². The molecule has 0 saturated heterocycles. The molecule has 0 spiro atoms. The summed E-state index contributed by atoms with van der Waals surface area (Å²) in [6.45, 7) is 4.00. The molecule has 1 aromatic carbocycles. The van der Waals surface area contributed by atoms with Crippen molar-refractivity contribution in [3.63, 3.8) is 0 Å². The highest BCUT2D eigenvalue weighted by atomic mass is 16.5. The number of carbonyl (C=O) groups is 2. The Bertz CT molecular complexity index is 674. The van der Waals surface area contributed by atoms with E-state index in [1.54, 1.807) is 36.4 Å². The summed E-state index contributed by atoms with van der Waals surface area (Å²) in [5.41, 5.74) is 1.56. The predicted octanol–water partition coefficient (Wildman–Crippen LogP) is 3.09. The molecule has 0 fully saturated rings. The van der Waals surface area contributed by atoms with Crippen molar-refractivity contribution in [2.45, 2.75) is 19.9 Å². The van der Waals surface area contributed by atoms with Crippen molar-refractivity contribution in [3.05, 3.63) is 66.0 Å². The molecule has 0 radical (unpaired) electrons. The van der Waals surface area contributed by atoms with E-state index in [-0.39, 0.29) is 24.5 Å². The quantitative estimate of drug-likeness (QED) is 0.765. The van der Waals surface area contributed by atoms with Gasteiger partial charge in [0.15, 0.2) is 0 Å². The first kappa shape index (κ1) is 17.7. The minimum atomic E-state index is -0.410. The van der Waals surface area contributed by atoms with Crippen LogP contribution in [0.3, 0.4) is 0 Å². The van der Waals surface area contributed by atoms with Gasteiger partial charge in [0, 0.05) is 24.5 Å². The Kier molecular flexibility index (Phi) is 6.07. The molecular formula is C19H22N2O3. The fraction of sp³-hybridized carbons (Fsp3) is 0.316. The molecule has 2 aromatic rings. The first-order valence-corrected chi connectivity index (χ1v) is 7.88. The van der Waals surface area contributed by atoms with Gasteiger partial charge in [0.05, 0.1) is 19.1 Å². The molecule has 5 nitrogen and oxygen atoms in total. The Hall–Kier alpha value is -2.69. The smallest absolute Gasteiger partial charge is 0.310 e. The van der Waals surface area contributed by atoms with Crippen LogP contribution in [0.2, 0.25) is 0 Å². The molecule has 2 atom stereocenters. The molecule has 0 bridgehead atoms. The topological polar surface area (TPSA) is 59.5 Å². The van der Waals surface area contributed by atoms with Gasteiger partial charge < -0.3 is 9.64 Å². The lowest BCUT2D eigenvalue weighted by Gasteiger charge is -2.31. The van der Waals surface area contributed by atoms with E-state index in [9.17, 15) is 9.59 Å². The van der Waals surface area contributed by atoms with Crippen molar-refractivity contribution in [2.75, 3.05) is 13.7 Å². The summed E-state index contributed by atoms with van der Waals surface area (Å²) in [5, 5.41) is 0. The Morgan fingerprint density at radius 2 is 1.71 bits per heavy atom. The monoisotopic (exact) mass is 326 g/mol. The fourth-order valence-corrected chi connectivity index (χ4v) is 2.56. The molecule has 0 saturated carbocycles. The lowest BCUT2D eigenvalue weighted by Crippen LogP contribution is -2.39. The number of pyridine rings is 1. The minimum absolute atomic E-state index is 0.135. The lowest BCUT2D eigenvalue weighted by molar-refractivity contribution is -0.145. The zero-order valence-corrected chi connectivity index (χ0v) is 14.2. The van der Waals surface area contributed by atoms with E-state index in [0.717, 1.165) is 5.56 Å². The molecule has 0 aliphatic carbocycles. The fourth-order valence-electron chi connectivity index (χ4n) is 2.56. The molecule has 0 aliphatic heterocycles. The summed E-state index contributed by atoms with van der Waals surface area (Å²) >= 11 is 0.